The van der Waals surface area contributed by atoms with Crippen LogP contribution in [0.5, 0.6) is 11.5 Å². The van der Waals surface area contributed by atoms with Crippen molar-refractivity contribution >= 4 is 40.0 Å². The molecule has 9 heteroatoms. The number of hydrogen-bond acceptors (Lipinski definition) is 6. The van der Waals surface area contributed by atoms with Gasteiger partial charge < -0.3 is 19.9 Å². The Bertz CT molecular complexity index is 1500. The molecule has 0 atom stereocenters. The van der Waals surface area contributed by atoms with Crippen molar-refractivity contribution in [3.63, 3.8) is 0 Å². The van der Waals surface area contributed by atoms with Gasteiger partial charge in [-0.2, -0.15) is 0 Å². The van der Waals surface area contributed by atoms with Crippen LogP contribution >= 0.6 is 11.6 Å². The lowest BCUT2D eigenvalue weighted by Crippen LogP contribution is -2.25. The van der Waals surface area contributed by atoms with Crippen LogP contribution in [0, 0.1) is 0 Å². The lowest BCUT2D eigenvalue weighted by molar-refractivity contribution is -0.136. The maximum Gasteiger partial charge on any atom is 0.307 e. The van der Waals surface area contributed by atoms with Crippen LogP contribution in [0.2, 0.25) is 5.02 Å². The fraction of sp³-hybridized carbons (Fsp3) is 0.172. The number of nitrogens with one attached hydrogen (secondary N) is 1. The Hall–Kier alpha value is -4.43. The van der Waals surface area contributed by atoms with E-state index >= 15 is 0 Å². The molecule has 8 nitrogen and oxygen atoms in total. The summed E-state index contributed by atoms with van der Waals surface area (Å²) >= 11 is 5.90. The molecule has 0 aliphatic rings. The molecule has 0 fully saturated rings. The number of hydrogen-bond donors (Lipinski definition) is 2. The zero-order chi connectivity index (χ0) is 27.2. The van der Waals surface area contributed by atoms with E-state index in [1.807, 2.05) is 12.1 Å². The fourth-order valence-electron chi connectivity index (χ4n) is 4.09. The summed E-state index contributed by atoms with van der Waals surface area (Å²) in [6, 6.07) is 17.0. The highest BCUT2D eigenvalue weighted by Crippen LogP contribution is 2.35. The van der Waals surface area contributed by atoms with E-state index in [4.69, 9.17) is 21.1 Å². The average Bonchev–Trinajstić information content (AvgIpc) is 2.93. The van der Waals surface area contributed by atoms with Gasteiger partial charge in [0.25, 0.3) is 5.91 Å². The maximum atomic E-state index is 13.4. The molecule has 38 heavy (non-hydrogen) atoms. The topological polar surface area (TPSA) is 115 Å². The number of methoxy groups -OCH3 is 2. The van der Waals surface area contributed by atoms with Gasteiger partial charge in [-0.1, -0.05) is 35.9 Å². The molecule has 4 rings (SSSR count). The first-order valence-corrected chi connectivity index (χ1v) is 12.1. The van der Waals surface area contributed by atoms with E-state index in [1.54, 1.807) is 48.5 Å². The van der Waals surface area contributed by atoms with Crippen LogP contribution in [-0.4, -0.2) is 48.5 Å². The zero-order valence-corrected chi connectivity index (χ0v) is 21.5. The van der Waals surface area contributed by atoms with Crippen molar-refractivity contribution < 1.29 is 29.0 Å². The second kappa shape index (κ2) is 11.7. The van der Waals surface area contributed by atoms with Gasteiger partial charge in [-0.05, 0) is 59.3 Å². The minimum atomic E-state index is -1.02. The van der Waals surface area contributed by atoms with E-state index in [-0.39, 0.29) is 23.8 Å². The van der Waals surface area contributed by atoms with Crippen molar-refractivity contribution in [1.82, 2.24) is 10.3 Å². The van der Waals surface area contributed by atoms with Gasteiger partial charge in [-0.15, -0.1) is 0 Å². The highest BCUT2D eigenvalue weighted by Gasteiger charge is 2.20. The summed E-state index contributed by atoms with van der Waals surface area (Å²) in [6.45, 7) is 0.449. The maximum absolute atomic E-state index is 13.4. The second-order valence-electron chi connectivity index (χ2n) is 8.49. The van der Waals surface area contributed by atoms with Crippen LogP contribution in [0.3, 0.4) is 0 Å². The van der Waals surface area contributed by atoms with Crippen LogP contribution in [0.4, 0.5) is 0 Å². The molecule has 2 N–H and O–H groups in total. The number of amides is 1. The van der Waals surface area contributed by atoms with E-state index in [0.29, 0.717) is 57.0 Å². The Kier molecular flexibility index (Phi) is 8.23. The summed E-state index contributed by atoms with van der Waals surface area (Å²) in [5.74, 6) is -0.865. The standard InChI is InChI=1S/C29H25ClN2O6/c1-37-24-14-22-20(13-26(33)34)16-32-27(23(22)15-25(24)38-2)28(35)18-5-7-19(8-6-18)29(36)31-12-11-17-3-9-21(30)10-4-17/h3-10,14-16H,11-13H2,1-2H3,(H,31,36)(H,33,34). The number of nitrogens with zero attached hydrogens (tertiary/aromatic N) is 1. The summed E-state index contributed by atoms with van der Waals surface area (Å²) in [7, 11) is 2.95. The van der Waals surface area contributed by atoms with Crippen molar-refractivity contribution in [2.75, 3.05) is 20.8 Å². The summed E-state index contributed by atoms with van der Waals surface area (Å²) < 4.78 is 10.7. The third-order valence-electron chi connectivity index (χ3n) is 6.05. The van der Waals surface area contributed by atoms with Gasteiger partial charge in [0.2, 0.25) is 5.78 Å². The van der Waals surface area contributed by atoms with Crippen LogP contribution in [0.1, 0.15) is 37.5 Å². The first-order valence-electron chi connectivity index (χ1n) is 11.7. The Balaban J connectivity index is 1.56. The van der Waals surface area contributed by atoms with Crippen molar-refractivity contribution in [3.8, 4) is 11.5 Å². The molecule has 3 aromatic carbocycles. The molecule has 1 aromatic heterocycles. The van der Waals surface area contributed by atoms with Crippen molar-refractivity contribution in [3.05, 3.63) is 99.8 Å². The molecular weight excluding hydrogens is 508 g/mol. The van der Waals surface area contributed by atoms with Crippen LogP contribution in [0.15, 0.2) is 66.9 Å². The van der Waals surface area contributed by atoms with Crippen LogP contribution in [0.25, 0.3) is 10.8 Å². The number of aliphatic carboxylic acids is 1. The molecule has 0 unspecified atom stereocenters. The number of rotatable bonds is 10. The van der Waals surface area contributed by atoms with Crippen molar-refractivity contribution in [1.29, 1.82) is 0 Å². The normalized spacial score (nSPS) is 10.7. The monoisotopic (exact) mass is 532 g/mol. The minimum Gasteiger partial charge on any atom is -0.493 e. The van der Waals surface area contributed by atoms with E-state index in [0.717, 1.165) is 5.56 Å². The van der Waals surface area contributed by atoms with Gasteiger partial charge in [0.1, 0.15) is 5.69 Å². The predicted octanol–water partition coefficient (Wildman–Crippen LogP) is 4.74. The highest BCUT2D eigenvalue weighted by atomic mass is 35.5. The largest absolute Gasteiger partial charge is 0.493 e. The summed E-state index contributed by atoms with van der Waals surface area (Å²) in [4.78, 5) is 41.7. The molecule has 4 aromatic rings. The summed E-state index contributed by atoms with van der Waals surface area (Å²) in [5.41, 5.74) is 2.38. The third kappa shape index (κ3) is 5.92. The van der Waals surface area contributed by atoms with Crippen LogP contribution < -0.4 is 14.8 Å². The van der Waals surface area contributed by atoms with Crippen LogP contribution in [-0.2, 0) is 17.6 Å². The number of carboxylic acids is 1. The minimum absolute atomic E-state index is 0.134. The number of halogens is 1. The molecule has 1 heterocycles. The SMILES string of the molecule is COc1cc2c(CC(=O)O)cnc(C(=O)c3ccc(C(=O)NCCc4ccc(Cl)cc4)cc3)c2cc1OC. The zero-order valence-electron chi connectivity index (χ0n) is 20.8. The van der Waals surface area contributed by atoms with Gasteiger partial charge >= 0.3 is 5.97 Å². The molecule has 0 spiro atoms. The van der Waals surface area contributed by atoms with Gasteiger partial charge in [-0.25, -0.2) is 0 Å². The highest BCUT2D eigenvalue weighted by molar-refractivity contribution is 6.30. The van der Waals surface area contributed by atoms with Crippen molar-refractivity contribution in [2.24, 2.45) is 0 Å². The Morgan fingerprint density at radius 2 is 1.50 bits per heavy atom. The van der Waals surface area contributed by atoms with E-state index < -0.39 is 5.97 Å². The molecule has 0 saturated carbocycles. The summed E-state index contributed by atoms with van der Waals surface area (Å²) in [6.07, 6.45) is 1.78. The Labute approximate surface area is 224 Å². The average molecular weight is 533 g/mol. The van der Waals surface area contributed by atoms with E-state index in [1.165, 1.54) is 20.4 Å². The molecule has 194 valence electrons. The number of pyridine rings is 1. The molecule has 1 amide bonds. The van der Waals surface area contributed by atoms with Gasteiger partial charge in [0.15, 0.2) is 11.5 Å². The first kappa shape index (κ1) is 26.6. The number of aromatic nitrogens is 1. The number of carboxylic acid groups (broad SMARTS) is 1. The first-order chi connectivity index (χ1) is 18.3. The number of benzene rings is 3. The predicted molar refractivity (Wildman–Crippen MR) is 144 cm³/mol. The quantitative estimate of drug-likeness (QED) is 0.284. The molecular formula is C29H25ClN2O6. The Morgan fingerprint density at radius 3 is 2.11 bits per heavy atom. The molecule has 0 radical (unpaired) electrons. The molecule has 0 bridgehead atoms. The van der Waals surface area contributed by atoms with E-state index in [2.05, 4.69) is 10.3 Å². The number of carbonyl (C=O) groups is 3. The molecule has 0 saturated heterocycles. The van der Waals surface area contributed by atoms with Gasteiger partial charge in [0, 0.05) is 34.3 Å². The lowest BCUT2D eigenvalue weighted by atomic mass is 9.97. The lowest BCUT2D eigenvalue weighted by Gasteiger charge is -2.14. The smallest absolute Gasteiger partial charge is 0.307 e. The van der Waals surface area contributed by atoms with E-state index in [9.17, 15) is 19.5 Å². The number of ether oxygens (including phenoxy) is 2. The van der Waals surface area contributed by atoms with Crippen molar-refractivity contribution in [2.45, 2.75) is 12.8 Å². The fourth-order valence-corrected chi connectivity index (χ4v) is 4.22. The molecule has 0 aliphatic carbocycles. The number of carbonyl (C=O) groups excluding carboxylic acids is 2. The second-order valence-corrected chi connectivity index (χ2v) is 8.93. The van der Waals surface area contributed by atoms with Gasteiger partial charge in [-0.3, -0.25) is 19.4 Å². The molecule has 0 aliphatic heterocycles. The number of ketones is 1. The Morgan fingerprint density at radius 1 is 0.895 bits per heavy atom. The summed E-state index contributed by atoms with van der Waals surface area (Å²) in [5, 5.41) is 13.8. The number of fused-ring (bicyclic) bond motifs is 1. The van der Waals surface area contributed by atoms with Gasteiger partial charge in [0.05, 0.1) is 20.6 Å². The third-order valence-corrected chi connectivity index (χ3v) is 6.30.